The van der Waals surface area contributed by atoms with Crippen molar-refractivity contribution in [2.45, 2.75) is 19.3 Å². The second-order valence-corrected chi connectivity index (χ2v) is 5.79. The van der Waals surface area contributed by atoms with Crippen LogP contribution in [-0.4, -0.2) is 24.7 Å². The molecule has 0 unspecified atom stereocenters. The number of rotatable bonds is 4. The summed E-state index contributed by atoms with van der Waals surface area (Å²) in [6.45, 7) is 3.10. The second-order valence-electron chi connectivity index (χ2n) is 4.80. The Hall–Kier alpha value is -1.13. The molecule has 1 aliphatic rings. The van der Waals surface area contributed by atoms with E-state index in [9.17, 15) is 0 Å². The Morgan fingerprint density at radius 3 is 3.17 bits per heavy atom. The Kier molecular flexibility index (Phi) is 3.76. The zero-order valence-electron chi connectivity index (χ0n) is 10.4. The topological polar surface area (TPSA) is 34.1 Å². The fourth-order valence-corrected chi connectivity index (χ4v) is 3.24. The number of nitrogens with one attached hydrogen (secondary N) is 1. The monoisotopic (exact) mass is 262 g/mol. The minimum absolute atomic E-state index is 0.771. The summed E-state index contributed by atoms with van der Waals surface area (Å²) in [6.07, 6.45) is 3.75. The highest BCUT2D eigenvalue weighted by Gasteiger charge is 2.13. The molecule has 1 N–H and O–H groups in total. The molecule has 0 aliphatic carbocycles. The number of para-hydroxylation sites is 1. The standard InChI is InChI=1S/C14H18N2OS/c1-2-6-13-12(5-1)16-14(18-13)17-9-7-11-4-3-8-15-10-11/h1-2,5-6,11,15H,3-4,7-10H2/t11-/m1/s1. The van der Waals surface area contributed by atoms with Crippen LogP contribution in [0.2, 0.25) is 0 Å². The van der Waals surface area contributed by atoms with Crippen molar-refractivity contribution in [2.75, 3.05) is 19.7 Å². The van der Waals surface area contributed by atoms with Gasteiger partial charge in [0.1, 0.15) is 0 Å². The Morgan fingerprint density at radius 1 is 1.39 bits per heavy atom. The molecule has 1 atom stereocenters. The maximum atomic E-state index is 5.77. The van der Waals surface area contributed by atoms with Gasteiger partial charge in [0.2, 0.25) is 0 Å². The van der Waals surface area contributed by atoms with Gasteiger partial charge >= 0.3 is 0 Å². The molecule has 3 rings (SSSR count). The molecule has 3 nitrogen and oxygen atoms in total. The predicted octanol–water partition coefficient (Wildman–Crippen LogP) is 3.06. The summed E-state index contributed by atoms with van der Waals surface area (Å²) >= 11 is 1.63. The minimum Gasteiger partial charge on any atom is -0.470 e. The van der Waals surface area contributed by atoms with Crippen LogP contribution in [0, 0.1) is 5.92 Å². The van der Waals surface area contributed by atoms with E-state index in [0.717, 1.165) is 36.2 Å². The first-order valence-corrected chi connectivity index (χ1v) is 7.42. The first-order valence-electron chi connectivity index (χ1n) is 6.61. The summed E-state index contributed by atoms with van der Waals surface area (Å²) in [5.74, 6) is 0.771. The molecular formula is C14H18N2OS. The van der Waals surface area contributed by atoms with E-state index in [1.807, 2.05) is 18.2 Å². The van der Waals surface area contributed by atoms with Crippen molar-refractivity contribution in [1.82, 2.24) is 10.3 Å². The number of aromatic nitrogens is 1. The van der Waals surface area contributed by atoms with Crippen molar-refractivity contribution in [3.05, 3.63) is 24.3 Å². The smallest absolute Gasteiger partial charge is 0.274 e. The third-order valence-electron chi connectivity index (χ3n) is 3.42. The van der Waals surface area contributed by atoms with Crippen LogP contribution < -0.4 is 10.1 Å². The van der Waals surface area contributed by atoms with E-state index < -0.39 is 0 Å². The van der Waals surface area contributed by atoms with E-state index >= 15 is 0 Å². The molecule has 96 valence electrons. The highest BCUT2D eigenvalue weighted by atomic mass is 32.1. The van der Waals surface area contributed by atoms with Gasteiger partial charge in [-0.2, -0.15) is 0 Å². The molecule has 1 aliphatic heterocycles. The van der Waals surface area contributed by atoms with Gasteiger partial charge in [-0.1, -0.05) is 23.5 Å². The van der Waals surface area contributed by atoms with Gasteiger partial charge in [-0.05, 0) is 50.4 Å². The lowest BCUT2D eigenvalue weighted by molar-refractivity contribution is 0.253. The molecule has 2 heterocycles. The lowest BCUT2D eigenvalue weighted by atomic mass is 9.97. The first-order chi connectivity index (χ1) is 8.92. The fraction of sp³-hybridized carbons (Fsp3) is 0.500. The third-order valence-corrected chi connectivity index (χ3v) is 4.37. The predicted molar refractivity (Wildman–Crippen MR) is 75.3 cm³/mol. The minimum atomic E-state index is 0.771. The molecule has 0 spiro atoms. The molecule has 18 heavy (non-hydrogen) atoms. The molecule has 1 fully saturated rings. The van der Waals surface area contributed by atoms with E-state index in [4.69, 9.17) is 4.74 Å². The van der Waals surface area contributed by atoms with Crippen LogP contribution in [0.1, 0.15) is 19.3 Å². The van der Waals surface area contributed by atoms with Gasteiger partial charge in [-0.15, -0.1) is 0 Å². The summed E-state index contributed by atoms with van der Waals surface area (Å²) in [4.78, 5) is 4.48. The van der Waals surface area contributed by atoms with E-state index in [0.29, 0.717) is 0 Å². The van der Waals surface area contributed by atoms with Crippen molar-refractivity contribution < 1.29 is 4.74 Å². The van der Waals surface area contributed by atoms with Crippen LogP contribution in [0.3, 0.4) is 0 Å². The van der Waals surface area contributed by atoms with Crippen molar-refractivity contribution in [2.24, 2.45) is 5.92 Å². The molecule has 0 radical (unpaired) electrons. The lowest BCUT2D eigenvalue weighted by Crippen LogP contribution is -2.30. The molecule has 1 aromatic carbocycles. The van der Waals surface area contributed by atoms with E-state index in [-0.39, 0.29) is 0 Å². The van der Waals surface area contributed by atoms with Gasteiger partial charge in [0.25, 0.3) is 5.19 Å². The van der Waals surface area contributed by atoms with Crippen LogP contribution in [0.5, 0.6) is 5.19 Å². The quantitative estimate of drug-likeness (QED) is 0.919. The molecule has 0 amide bonds. The Balaban J connectivity index is 1.53. The van der Waals surface area contributed by atoms with Crippen LogP contribution in [0.15, 0.2) is 24.3 Å². The number of hydrogen-bond acceptors (Lipinski definition) is 4. The van der Waals surface area contributed by atoms with Crippen LogP contribution in [0.4, 0.5) is 0 Å². The van der Waals surface area contributed by atoms with E-state index in [2.05, 4.69) is 16.4 Å². The highest BCUT2D eigenvalue weighted by Crippen LogP contribution is 2.27. The number of nitrogens with zero attached hydrogens (tertiary/aromatic N) is 1. The number of hydrogen-bond donors (Lipinski definition) is 1. The number of piperidine rings is 1. The molecule has 0 saturated carbocycles. The summed E-state index contributed by atoms with van der Waals surface area (Å²) in [7, 11) is 0. The third kappa shape index (κ3) is 2.82. The van der Waals surface area contributed by atoms with Gasteiger partial charge < -0.3 is 10.1 Å². The zero-order chi connectivity index (χ0) is 12.2. The first kappa shape index (κ1) is 11.9. The summed E-state index contributed by atoms with van der Waals surface area (Å²) in [5, 5.41) is 4.24. The van der Waals surface area contributed by atoms with E-state index in [1.54, 1.807) is 11.3 Å². The summed E-state index contributed by atoms with van der Waals surface area (Å²) < 4.78 is 6.97. The van der Waals surface area contributed by atoms with E-state index in [1.165, 1.54) is 24.1 Å². The van der Waals surface area contributed by atoms with Gasteiger partial charge in [-0.25, -0.2) is 4.98 Å². The Bertz CT molecular complexity index is 472. The van der Waals surface area contributed by atoms with Gasteiger partial charge in [-0.3, -0.25) is 0 Å². The van der Waals surface area contributed by atoms with Crippen LogP contribution in [-0.2, 0) is 0 Å². The van der Waals surface area contributed by atoms with Crippen molar-refractivity contribution in [1.29, 1.82) is 0 Å². The number of fused-ring (bicyclic) bond motifs is 1. The van der Waals surface area contributed by atoms with Crippen molar-refractivity contribution in [3.8, 4) is 5.19 Å². The molecule has 1 aromatic heterocycles. The SMILES string of the molecule is c1ccc2sc(OCC[C@H]3CCCNC3)nc2c1. The van der Waals surface area contributed by atoms with Crippen molar-refractivity contribution in [3.63, 3.8) is 0 Å². The van der Waals surface area contributed by atoms with Crippen LogP contribution in [0.25, 0.3) is 10.2 Å². The van der Waals surface area contributed by atoms with Crippen LogP contribution >= 0.6 is 11.3 Å². The van der Waals surface area contributed by atoms with Gasteiger partial charge in [0, 0.05) is 0 Å². The highest BCUT2D eigenvalue weighted by molar-refractivity contribution is 7.20. The summed E-state index contributed by atoms with van der Waals surface area (Å²) in [6, 6.07) is 8.17. The normalized spacial score (nSPS) is 20.1. The Morgan fingerprint density at radius 2 is 2.33 bits per heavy atom. The van der Waals surface area contributed by atoms with Gasteiger partial charge in [0.15, 0.2) is 0 Å². The largest absolute Gasteiger partial charge is 0.470 e. The molecular weight excluding hydrogens is 244 g/mol. The maximum absolute atomic E-state index is 5.77. The number of thiazole rings is 1. The average molecular weight is 262 g/mol. The second kappa shape index (κ2) is 5.67. The molecule has 2 aromatic rings. The summed E-state index contributed by atoms with van der Waals surface area (Å²) in [5.41, 5.74) is 1.04. The average Bonchev–Trinajstić information content (AvgIpc) is 2.82. The van der Waals surface area contributed by atoms with Gasteiger partial charge in [0.05, 0.1) is 16.8 Å². The number of benzene rings is 1. The molecule has 4 heteroatoms. The molecule has 0 bridgehead atoms. The number of ether oxygens (including phenoxy) is 1. The maximum Gasteiger partial charge on any atom is 0.274 e. The lowest BCUT2D eigenvalue weighted by Gasteiger charge is -2.22. The Labute approximate surface area is 111 Å². The molecule has 1 saturated heterocycles. The zero-order valence-corrected chi connectivity index (χ0v) is 11.2. The van der Waals surface area contributed by atoms with Crippen molar-refractivity contribution >= 4 is 21.6 Å². The fourth-order valence-electron chi connectivity index (χ4n) is 2.40.